The molecule has 0 aromatic rings. The number of nitrogens with zero attached hydrogens (tertiary/aromatic N) is 1. The van der Waals surface area contributed by atoms with Crippen LogP contribution in [-0.2, 0) is 18.5 Å². The maximum atomic E-state index is 6.73. The smallest absolute Gasteiger partial charge is 0.238 e. The van der Waals surface area contributed by atoms with E-state index in [4.69, 9.17) is 25.1 Å². The summed E-state index contributed by atoms with van der Waals surface area (Å²) in [4.78, 5) is 3.27. The van der Waals surface area contributed by atoms with Gasteiger partial charge in [0.25, 0.3) is 0 Å². The zero-order valence-electron chi connectivity index (χ0n) is 12.0. The van der Waals surface area contributed by atoms with E-state index in [-0.39, 0.29) is 23.9 Å². The van der Waals surface area contributed by atoms with E-state index >= 15 is 0 Å². The van der Waals surface area contributed by atoms with Gasteiger partial charge in [-0.05, 0) is 12.8 Å². The van der Waals surface area contributed by atoms with Gasteiger partial charge in [0.05, 0.1) is 12.7 Å². The van der Waals surface area contributed by atoms with Crippen LogP contribution < -0.4 is 0 Å². The van der Waals surface area contributed by atoms with Crippen LogP contribution in [0.15, 0.2) is 0 Å². The van der Waals surface area contributed by atoms with E-state index in [1.807, 2.05) is 13.6 Å². The van der Waals surface area contributed by atoms with E-state index in [9.17, 15) is 0 Å². The van der Waals surface area contributed by atoms with E-state index in [0.29, 0.717) is 25.7 Å². The standard InChI is InChI=1S/C13H22NO4P/c1-9(2)13-8-15-11(10(3)17-13)12(13)18-19(5)16-7-6-14-4/h9-12H,6-8H2,1-3,5H3/t10-,11-,12-,13+,19?/m0/s1. The average molecular weight is 287 g/mol. The molecule has 0 aromatic heterocycles. The molecule has 6 heteroatoms. The maximum absolute atomic E-state index is 6.73. The highest BCUT2D eigenvalue weighted by Crippen LogP contribution is 2.51. The van der Waals surface area contributed by atoms with Crippen LogP contribution in [0, 0.1) is 12.5 Å². The molecule has 5 nitrogen and oxygen atoms in total. The van der Waals surface area contributed by atoms with E-state index in [1.165, 1.54) is 0 Å². The monoisotopic (exact) mass is 287 g/mol. The summed E-state index contributed by atoms with van der Waals surface area (Å²) in [7, 11) is -0.995. The van der Waals surface area contributed by atoms with Crippen LogP contribution in [0.2, 0.25) is 0 Å². The Morgan fingerprint density at radius 2 is 2.26 bits per heavy atom. The highest BCUT2D eigenvalue weighted by atomic mass is 31.2. The highest BCUT2D eigenvalue weighted by molar-refractivity contribution is 7.46. The minimum absolute atomic E-state index is 0.00295. The molecule has 0 aliphatic carbocycles. The van der Waals surface area contributed by atoms with Gasteiger partial charge in [0, 0.05) is 6.66 Å². The van der Waals surface area contributed by atoms with Crippen molar-refractivity contribution in [1.82, 2.24) is 0 Å². The Hall–Kier alpha value is -0.240. The van der Waals surface area contributed by atoms with Crippen LogP contribution in [0.4, 0.5) is 0 Å². The summed E-state index contributed by atoms with van der Waals surface area (Å²) >= 11 is 0. The Labute approximate surface area is 116 Å². The van der Waals surface area contributed by atoms with Gasteiger partial charge >= 0.3 is 0 Å². The van der Waals surface area contributed by atoms with Gasteiger partial charge in [-0.3, -0.25) is 0 Å². The van der Waals surface area contributed by atoms with Gasteiger partial charge < -0.3 is 23.4 Å². The van der Waals surface area contributed by atoms with Gasteiger partial charge in [-0.1, -0.05) is 13.8 Å². The lowest BCUT2D eigenvalue weighted by Gasteiger charge is -2.34. The summed E-state index contributed by atoms with van der Waals surface area (Å²) < 4.78 is 23.5. The second kappa shape index (κ2) is 6.03. The lowest BCUT2D eigenvalue weighted by atomic mass is 9.87. The van der Waals surface area contributed by atoms with Gasteiger partial charge in [-0.2, -0.15) is 0 Å². The molecule has 0 N–H and O–H groups in total. The fourth-order valence-electron chi connectivity index (χ4n) is 2.76. The Morgan fingerprint density at radius 1 is 1.53 bits per heavy atom. The second-order valence-electron chi connectivity index (χ2n) is 5.39. The molecule has 2 aliphatic heterocycles. The van der Waals surface area contributed by atoms with Crippen molar-refractivity contribution in [1.29, 1.82) is 0 Å². The van der Waals surface area contributed by atoms with E-state index in [1.54, 1.807) is 0 Å². The second-order valence-corrected chi connectivity index (χ2v) is 6.74. The first-order valence-electron chi connectivity index (χ1n) is 6.67. The van der Waals surface area contributed by atoms with E-state index in [2.05, 4.69) is 18.7 Å². The van der Waals surface area contributed by atoms with Crippen molar-refractivity contribution in [3.63, 3.8) is 0 Å². The number of ether oxygens (including phenoxy) is 2. The van der Waals surface area contributed by atoms with Crippen molar-refractivity contribution in [2.75, 3.05) is 26.4 Å². The quantitative estimate of drug-likeness (QED) is 0.427. The average Bonchev–Trinajstić information content (AvgIpc) is 2.82. The van der Waals surface area contributed by atoms with Crippen molar-refractivity contribution in [3.05, 3.63) is 11.4 Å². The van der Waals surface area contributed by atoms with E-state index < -0.39 is 8.38 Å². The van der Waals surface area contributed by atoms with Crippen molar-refractivity contribution in [2.45, 2.75) is 44.7 Å². The Bertz CT molecular complexity index is 359. The summed E-state index contributed by atoms with van der Waals surface area (Å²) in [5.41, 5.74) is -0.343. The maximum Gasteiger partial charge on any atom is 0.238 e. The largest absolute Gasteiger partial charge is 0.370 e. The summed E-state index contributed by atoms with van der Waals surface area (Å²) in [5.74, 6) is 0.332. The molecule has 0 amide bonds. The van der Waals surface area contributed by atoms with Crippen molar-refractivity contribution in [3.8, 4) is 0 Å². The third kappa shape index (κ3) is 2.79. The molecule has 2 aliphatic rings. The lowest BCUT2D eigenvalue weighted by molar-refractivity contribution is -0.156. The van der Waals surface area contributed by atoms with Crippen LogP contribution >= 0.6 is 8.38 Å². The predicted molar refractivity (Wildman–Crippen MR) is 73.0 cm³/mol. The molecule has 2 heterocycles. The molecule has 1 unspecified atom stereocenters. The Morgan fingerprint density at radius 3 is 2.84 bits per heavy atom. The lowest BCUT2D eigenvalue weighted by Crippen LogP contribution is -2.46. The zero-order chi connectivity index (χ0) is 14.0. The summed E-state index contributed by atoms with van der Waals surface area (Å²) in [6.45, 7) is 16.4. The van der Waals surface area contributed by atoms with Crippen LogP contribution in [-0.4, -0.2) is 50.3 Å². The Balaban J connectivity index is 1.97. The fourth-order valence-corrected chi connectivity index (χ4v) is 3.77. The van der Waals surface area contributed by atoms with Gasteiger partial charge in [0.1, 0.15) is 24.4 Å². The van der Waals surface area contributed by atoms with Crippen molar-refractivity contribution in [2.24, 2.45) is 5.92 Å². The summed E-state index contributed by atoms with van der Waals surface area (Å²) in [6, 6.07) is 0. The number of fused-ring (bicyclic) bond motifs is 2. The SMILES string of the molecule is [C-]#[N+]CCOP(C)O[C@H]1[C@H]2OC[C@]1(C(C)C)O[C@H]2C. The first-order valence-corrected chi connectivity index (χ1v) is 8.30. The molecule has 5 atom stereocenters. The molecular formula is C13H22NO4P. The predicted octanol–water partition coefficient (Wildman–Crippen LogP) is 2.46. The van der Waals surface area contributed by atoms with Gasteiger partial charge in [0.15, 0.2) is 8.38 Å². The molecule has 0 spiro atoms. The molecule has 2 rings (SSSR count). The summed E-state index contributed by atoms with van der Waals surface area (Å²) in [6.07, 6.45) is -0.00356. The van der Waals surface area contributed by atoms with Crippen LogP contribution in [0.1, 0.15) is 20.8 Å². The third-order valence-corrected chi connectivity index (χ3v) is 4.93. The van der Waals surface area contributed by atoms with Crippen LogP contribution in [0.25, 0.3) is 4.85 Å². The zero-order valence-corrected chi connectivity index (χ0v) is 12.9. The molecule has 0 radical (unpaired) electrons. The highest BCUT2D eigenvalue weighted by Gasteiger charge is 2.62. The molecular weight excluding hydrogens is 265 g/mol. The van der Waals surface area contributed by atoms with E-state index in [0.717, 1.165) is 0 Å². The molecule has 0 saturated carbocycles. The fraction of sp³-hybridized carbons (Fsp3) is 0.923. The van der Waals surface area contributed by atoms with Crippen LogP contribution in [0.3, 0.4) is 0 Å². The number of rotatable bonds is 6. The van der Waals surface area contributed by atoms with Crippen LogP contribution in [0.5, 0.6) is 0 Å². The Kier molecular flexibility index (Phi) is 4.81. The van der Waals surface area contributed by atoms with Crippen molar-refractivity contribution >= 4 is 8.38 Å². The normalized spacial score (nSPS) is 38.6. The first kappa shape index (κ1) is 15.2. The minimum Gasteiger partial charge on any atom is -0.370 e. The molecule has 2 fully saturated rings. The number of hydrogen-bond acceptors (Lipinski definition) is 4. The third-order valence-electron chi connectivity index (χ3n) is 3.86. The van der Waals surface area contributed by atoms with Gasteiger partial charge in [-0.25, -0.2) is 6.57 Å². The topological polar surface area (TPSA) is 41.3 Å². The summed E-state index contributed by atoms with van der Waals surface area (Å²) in [5, 5.41) is 0. The number of hydrogen-bond donors (Lipinski definition) is 0. The molecule has 2 bridgehead atoms. The van der Waals surface area contributed by atoms with Crippen molar-refractivity contribution < 1.29 is 18.5 Å². The molecule has 2 saturated heterocycles. The minimum atomic E-state index is -0.995. The molecule has 19 heavy (non-hydrogen) atoms. The van der Waals surface area contributed by atoms with Gasteiger partial charge in [-0.15, -0.1) is 0 Å². The molecule has 108 valence electrons. The van der Waals surface area contributed by atoms with Gasteiger partial charge in [0.2, 0.25) is 6.54 Å². The first-order chi connectivity index (χ1) is 9.01. The molecule has 0 aromatic carbocycles.